The Labute approximate surface area is 214 Å². The summed E-state index contributed by atoms with van der Waals surface area (Å²) in [7, 11) is 0. The van der Waals surface area contributed by atoms with Gasteiger partial charge in [-0.25, -0.2) is 8.78 Å². The van der Waals surface area contributed by atoms with E-state index in [4.69, 9.17) is 4.74 Å². The van der Waals surface area contributed by atoms with Gasteiger partial charge < -0.3 is 19.7 Å². The number of alkyl halides is 1. The molecule has 0 saturated carbocycles. The maximum absolute atomic E-state index is 15.7. The smallest absolute Gasteiger partial charge is 0.226 e. The second-order valence-corrected chi connectivity index (χ2v) is 10.3. The number of hydrogen-bond acceptors (Lipinski definition) is 4. The van der Waals surface area contributed by atoms with E-state index in [2.05, 4.69) is 4.98 Å². The highest BCUT2D eigenvalue weighted by atomic mass is 19.1. The van der Waals surface area contributed by atoms with Crippen molar-refractivity contribution in [3.63, 3.8) is 0 Å². The summed E-state index contributed by atoms with van der Waals surface area (Å²) >= 11 is 0. The van der Waals surface area contributed by atoms with Crippen molar-refractivity contribution in [1.82, 2.24) is 14.8 Å². The summed E-state index contributed by atoms with van der Waals surface area (Å²) in [6.45, 7) is 5.11. The van der Waals surface area contributed by atoms with Crippen LogP contribution in [0.5, 0.6) is 5.75 Å². The van der Waals surface area contributed by atoms with Crippen LogP contribution in [-0.4, -0.2) is 70.9 Å². The first kappa shape index (κ1) is 25.6. The second kappa shape index (κ2) is 10.4. The van der Waals surface area contributed by atoms with E-state index in [0.717, 1.165) is 28.6 Å². The lowest BCUT2D eigenvalue weighted by Gasteiger charge is -2.41. The molecule has 9 heteroatoms. The average Bonchev–Trinajstić information content (AvgIpc) is 3.17. The minimum atomic E-state index is -1.02. The van der Waals surface area contributed by atoms with Gasteiger partial charge in [-0.2, -0.15) is 0 Å². The molecule has 0 radical (unpaired) electrons. The molecule has 0 bridgehead atoms. The maximum atomic E-state index is 15.7. The SMILES string of the molecule is CC(O)CC(=O)N1[C@H](c2c(F)cc(OCCN3CC(CF)C3)cc2F)c2[nH]c3ccccc3c2C[C@H]1C. The van der Waals surface area contributed by atoms with Gasteiger partial charge in [0, 0.05) is 60.3 Å². The van der Waals surface area contributed by atoms with E-state index in [0.29, 0.717) is 31.7 Å². The Bertz CT molecular complexity index is 1270. The van der Waals surface area contributed by atoms with E-state index >= 15 is 8.78 Å². The predicted octanol–water partition coefficient (Wildman–Crippen LogP) is 4.36. The number of nitrogens with one attached hydrogen (secondary N) is 1. The molecule has 1 aromatic heterocycles. The lowest BCUT2D eigenvalue weighted by atomic mass is 9.87. The lowest BCUT2D eigenvalue weighted by molar-refractivity contribution is -0.137. The van der Waals surface area contributed by atoms with Crippen LogP contribution in [-0.2, 0) is 11.2 Å². The van der Waals surface area contributed by atoms with Gasteiger partial charge in [-0.3, -0.25) is 14.1 Å². The minimum absolute atomic E-state index is 0.0565. The maximum Gasteiger partial charge on any atom is 0.226 e. The van der Waals surface area contributed by atoms with Gasteiger partial charge >= 0.3 is 0 Å². The topological polar surface area (TPSA) is 68.8 Å². The first-order valence-electron chi connectivity index (χ1n) is 12.8. The molecule has 1 amide bonds. The number of hydrogen-bond donors (Lipinski definition) is 2. The molecule has 2 aliphatic rings. The summed E-state index contributed by atoms with van der Waals surface area (Å²) in [5.74, 6) is -1.88. The summed E-state index contributed by atoms with van der Waals surface area (Å²) in [4.78, 5) is 20.1. The van der Waals surface area contributed by atoms with Crippen LogP contribution in [0.15, 0.2) is 36.4 Å². The Morgan fingerprint density at radius 1 is 1.22 bits per heavy atom. The molecule has 3 aromatic rings. The highest BCUT2D eigenvalue weighted by Crippen LogP contribution is 2.43. The van der Waals surface area contributed by atoms with Crippen molar-refractivity contribution >= 4 is 16.8 Å². The van der Waals surface area contributed by atoms with Crippen LogP contribution in [0.4, 0.5) is 13.2 Å². The molecule has 2 N–H and O–H groups in total. The first-order chi connectivity index (χ1) is 17.8. The number of likely N-dealkylation sites (tertiary alicyclic amines) is 1. The molecular weight excluding hydrogens is 483 g/mol. The molecule has 2 aliphatic heterocycles. The monoisotopic (exact) mass is 515 g/mol. The number of aromatic nitrogens is 1. The molecule has 0 aliphatic carbocycles. The van der Waals surface area contributed by atoms with Gasteiger partial charge in [0.25, 0.3) is 0 Å². The Morgan fingerprint density at radius 2 is 1.92 bits per heavy atom. The van der Waals surface area contributed by atoms with E-state index in [-0.39, 0.29) is 48.9 Å². The fourth-order valence-electron chi connectivity index (χ4n) is 5.65. The second-order valence-electron chi connectivity index (χ2n) is 10.3. The summed E-state index contributed by atoms with van der Waals surface area (Å²) in [5, 5.41) is 10.8. The molecule has 3 atom stereocenters. The number of para-hydroxylation sites is 1. The number of carbonyl (C=O) groups is 1. The minimum Gasteiger partial charge on any atom is -0.492 e. The summed E-state index contributed by atoms with van der Waals surface area (Å²) in [6, 6.07) is 8.58. The number of H-pyrrole nitrogens is 1. The largest absolute Gasteiger partial charge is 0.492 e. The number of rotatable bonds is 8. The van der Waals surface area contributed by atoms with Gasteiger partial charge in [-0.15, -0.1) is 0 Å². The highest BCUT2D eigenvalue weighted by molar-refractivity contribution is 5.87. The van der Waals surface area contributed by atoms with Crippen LogP contribution in [0.2, 0.25) is 0 Å². The third kappa shape index (κ3) is 4.94. The number of aliphatic hydroxyl groups excluding tert-OH is 1. The predicted molar refractivity (Wildman–Crippen MR) is 134 cm³/mol. The molecule has 1 saturated heterocycles. The number of aliphatic hydroxyl groups is 1. The molecule has 3 heterocycles. The number of nitrogens with zero attached hydrogens (tertiary/aromatic N) is 2. The molecule has 1 unspecified atom stereocenters. The zero-order chi connectivity index (χ0) is 26.3. The molecular formula is C28H32F3N3O3. The number of benzene rings is 2. The van der Waals surface area contributed by atoms with Crippen LogP contribution in [0.3, 0.4) is 0 Å². The van der Waals surface area contributed by atoms with Crippen molar-refractivity contribution < 1.29 is 27.8 Å². The number of ether oxygens (including phenoxy) is 1. The van der Waals surface area contributed by atoms with Crippen molar-refractivity contribution in [3.8, 4) is 5.75 Å². The van der Waals surface area contributed by atoms with Crippen LogP contribution in [0, 0.1) is 17.6 Å². The van der Waals surface area contributed by atoms with Crippen LogP contribution in [0.25, 0.3) is 10.9 Å². The first-order valence-corrected chi connectivity index (χ1v) is 12.8. The molecule has 2 aromatic carbocycles. The Balaban J connectivity index is 1.48. The zero-order valence-corrected chi connectivity index (χ0v) is 21.0. The quantitative estimate of drug-likeness (QED) is 0.468. The fraction of sp³-hybridized carbons (Fsp3) is 0.464. The van der Waals surface area contributed by atoms with Crippen LogP contribution >= 0.6 is 0 Å². The van der Waals surface area contributed by atoms with Gasteiger partial charge in [0.2, 0.25) is 5.91 Å². The van der Waals surface area contributed by atoms with E-state index in [9.17, 15) is 14.3 Å². The van der Waals surface area contributed by atoms with E-state index < -0.39 is 23.8 Å². The van der Waals surface area contributed by atoms with Gasteiger partial charge in [0.1, 0.15) is 30.0 Å². The number of aromatic amines is 1. The van der Waals surface area contributed by atoms with E-state index in [1.54, 1.807) is 0 Å². The van der Waals surface area contributed by atoms with E-state index in [1.807, 2.05) is 36.1 Å². The van der Waals surface area contributed by atoms with Crippen molar-refractivity contribution in [1.29, 1.82) is 0 Å². The number of halogens is 3. The van der Waals surface area contributed by atoms with Crippen molar-refractivity contribution in [2.75, 3.05) is 32.9 Å². The zero-order valence-electron chi connectivity index (χ0n) is 21.0. The van der Waals surface area contributed by atoms with Crippen molar-refractivity contribution in [2.24, 2.45) is 5.92 Å². The molecule has 37 heavy (non-hydrogen) atoms. The van der Waals surface area contributed by atoms with Crippen LogP contribution in [0.1, 0.15) is 43.1 Å². The molecule has 198 valence electrons. The highest BCUT2D eigenvalue weighted by Gasteiger charge is 2.41. The standard InChI is InChI=1S/C28H32F3N3O3/c1-16-9-21-20-5-3-4-6-24(20)32-27(21)28(34(16)25(36)10-17(2)35)26-22(30)11-19(12-23(26)31)37-8-7-33-14-18(13-29)15-33/h3-6,11-12,16-18,28,32,35H,7-10,13-15H2,1-2H3/t16-,17?,28-/m1/s1. The Morgan fingerprint density at radius 3 is 2.59 bits per heavy atom. The number of fused-ring (bicyclic) bond motifs is 3. The number of carbonyl (C=O) groups excluding carboxylic acids is 1. The van der Waals surface area contributed by atoms with Crippen LogP contribution < -0.4 is 4.74 Å². The van der Waals surface area contributed by atoms with Crippen molar-refractivity contribution in [3.05, 3.63) is 64.9 Å². The summed E-state index contributed by atoms with van der Waals surface area (Å²) in [6.07, 6.45) is -0.520. The normalized spacial score (nSPS) is 21.1. The fourth-order valence-corrected chi connectivity index (χ4v) is 5.65. The molecule has 0 spiro atoms. The van der Waals surface area contributed by atoms with Gasteiger partial charge in [0.05, 0.1) is 24.8 Å². The van der Waals surface area contributed by atoms with Gasteiger partial charge in [0.15, 0.2) is 0 Å². The van der Waals surface area contributed by atoms with Gasteiger partial charge in [-0.1, -0.05) is 18.2 Å². The van der Waals surface area contributed by atoms with Crippen molar-refractivity contribution in [2.45, 2.75) is 44.9 Å². The Hall–Kier alpha value is -3.04. The lowest BCUT2D eigenvalue weighted by Crippen LogP contribution is -2.49. The molecule has 6 nitrogen and oxygen atoms in total. The average molecular weight is 516 g/mol. The third-order valence-electron chi connectivity index (χ3n) is 7.38. The van der Waals surface area contributed by atoms with E-state index in [1.165, 1.54) is 11.8 Å². The van der Waals surface area contributed by atoms with Gasteiger partial charge in [-0.05, 0) is 31.9 Å². The molecule has 1 fully saturated rings. The third-order valence-corrected chi connectivity index (χ3v) is 7.38. The number of amides is 1. The summed E-state index contributed by atoms with van der Waals surface area (Å²) < 4.78 is 49.5. The Kier molecular flexibility index (Phi) is 7.18. The molecule has 5 rings (SSSR count). The summed E-state index contributed by atoms with van der Waals surface area (Å²) in [5.41, 5.74) is 2.09.